The van der Waals surface area contributed by atoms with Crippen LogP contribution in [-0.4, -0.2) is 10.6 Å². The van der Waals surface area contributed by atoms with Crippen molar-refractivity contribution in [3.63, 3.8) is 0 Å². The highest BCUT2D eigenvalue weighted by atomic mass is 15.2. The van der Waals surface area contributed by atoms with Crippen molar-refractivity contribution in [3.05, 3.63) is 155 Å². The molecule has 0 bridgehead atoms. The number of rotatable bonds is 3. The fourth-order valence-electron chi connectivity index (χ4n) is 7.58. The molecule has 4 aromatic carbocycles. The molecule has 2 aliphatic carbocycles. The van der Waals surface area contributed by atoms with Crippen LogP contribution >= 0.6 is 0 Å². The summed E-state index contributed by atoms with van der Waals surface area (Å²) in [6.45, 7) is 2.19. The van der Waals surface area contributed by atoms with Crippen molar-refractivity contribution in [2.75, 3.05) is 4.90 Å². The summed E-state index contributed by atoms with van der Waals surface area (Å²) in [5, 5.41) is 23.0. The molecule has 4 atom stereocenters. The maximum atomic E-state index is 10.5. The van der Waals surface area contributed by atoms with Crippen LogP contribution in [0, 0.1) is 28.6 Å². The molecule has 0 amide bonds. The molecule has 0 saturated carbocycles. The van der Waals surface area contributed by atoms with E-state index < -0.39 is 0 Å². The summed E-state index contributed by atoms with van der Waals surface area (Å²) in [6, 6.07) is 36.7. The molecular weight excluding hydrogens is 524 g/mol. The molecule has 4 nitrogen and oxygen atoms in total. The highest BCUT2D eigenvalue weighted by Crippen LogP contribution is 2.51. The van der Waals surface area contributed by atoms with Gasteiger partial charge in [0.1, 0.15) is 6.07 Å². The molecule has 5 aromatic rings. The van der Waals surface area contributed by atoms with Crippen molar-refractivity contribution in [3.8, 4) is 17.8 Å². The van der Waals surface area contributed by atoms with E-state index in [-0.39, 0.29) is 23.8 Å². The third-order valence-electron chi connectivity index (χ3n) is 9.28. The van der Waals surface area contributed by atoms with Gasteiger partial charge in [-0.3, -0.25) is 0 Å². The first-order valence-electron chi connectivity index (χ1n) is 14.8. The Bertz CT molecular complexity index is 2110. The maximum absolute atomic E-state index is 10.5. The van der Waals surface area contributed by atoms with E-state index >= 15 is 0 Å². The molecule has 1 aliphatic heterocycles. The number of fused-ring (bicyclic) bond motifs is 6. The first-order valence-corrected chi connectivity index (χ1v) is 14.8. The predicted octanol–water partition coefficient (Wildman–Crippen LogP) is 8.82. The number of anilines is 1. The summed E-state index contributed by atoms with van der Waals surface area (Å²) in [7, 11) is 0. The Labute approximate surface area is 251 Å². The lowest BCUT2D eigenvalue weighted by Gasteiger charge is -2.39. The van der Waals surface area contributed by atoms with E-state index in [0.29, 0.717) is 11.1 Å². The van der Waals surface area contributed by atoms with E-state index in [1.54, 1.807) is 0 Å². The summed E-state index contributed by atoms with van der Waals surface area (Å²) >= 11 is 0. The minimum atomic E-state index is -0.0913. The molecular formula is C39H28N4. The Hall–Kier alpha value is -5.58. The van der Waals surface area contributed by atoms with Gasteiger partial charge < -0.3 is 9.47 Å². The summed E-state index contributed by atoms with van der Waals surface area (Å²) in [5.74, 6) is 0.160. The van der Waals surface area contributed by atoms with Gasteiger partial charge >= 0.3 is 0 Å². The van der Waals surface area contributed by atoms with Gasteiger partial charge in [0, 0.05) is 34.0 Å². The van der Waals surface area contributed by atoms with E-state index in [4.69, 9.17) is 0 Å². The van der Waals surface area contributed by atoms with Crippen molar-refractivity contribution in [1.82, 2.24) is 4.57 Å². The van der Waals surface area contributed by atoms with Crippen LogP contribution in [0.4, 0.5) is 5.69 Å². The average molecular weight is 553 g/mol. The van der Waals surface area contributed by atoms with Gasteiger partial charge in [-0.2, -0.15) is 10.5 Å². The molecule has 204 valence electrons. The molecule has 8 rings (SSSR count). The second-order valence-corrected chi connectivity index (χ2v) is 11.6. The van der Waals surface area contributed by atoms with Gasteiger partial charge in [-0.25, -0.2) is 0 Å². The minimum absolute atomic E-state index is 0.0183. The second kappa shape index (κ2) is 9.76. The highest BCUT2D eigenvalue weighted by Gasteiger charge is 2.42. The summed E-state index contributed by atoms with van der Waals surface area (Å²) < 4.78 is 2.27. The highest BCUT2D eigenvalue weighted by molar-refractivity contribution is 6.09. The number of nitrogens with zero attached hydrogens (tertiary/aromatic N) is 4. The van der Waals surface area contributed by atoms with Crippen LogP contribution in [0.5, 0.6) is 0 Å². The molecule has 0 N–H and O–H groups in total. The van der Waals surface area contributed by atoms with E-state index in [2.05, 4.69) is 144 Å². The van der Waals surface area contributed by atoms with Gasteiger partial charge in [-0.1, -0.05) is 104 Å². The largest absolute Gasteiger partial charge is 0.336 e. The predicted molar refractivity (Wildman–Crippen MR) is 173 cm³/mol. The topological polar surface area (TPSA) is 55.8 Å². The molecule has 0 spiro atoms. The smallest absolute Gasteiger partial charge is 0.101 e. The number of allylic oxidation sites excluding steroid dienone is 6. The molecule has 4 heteroatoms. The Morgan fingerprint density at radius 3 is 2.12 bits per heavy atom. The van der Waals surface area contributed by atoms with Crippen molar-refractivity contribution in [2.24, 2.45) is 5.92 Å². The van der Waals surface area contributed by atoms with Gasteiger partial charge in [0.2, 0.25) is 0 Å². The zero-order valence-electron chi connectivity index (χ0n) is 23.7. The Morgan fingerprint density at radius 2 is 1.37 bits per heavy atom. The second-order valence-electron chi connectivity index (χ2n) is 11.6. The van der Waals surface area contributed by atoms with E-state index in [0.717, 1.165) is 38.8 Å². The Balaban J connectivity index is 1.41. The average Bonchev–Trinajstić information content (AvgIpc) is 3.57. The first kappa shape index (κ1) is 25.2. The number of aromatic nitrogens is 1. The fourth-order valence-corrected chi connectivity index (χ4v) is 7.58. The van der Waals surface area contributed by atoms with Crippen LogP contribution in [0.3, 0.4) is 0 Å². The number of para-hydroxylation sites is 4. The van der Waals surface area contributed by atoms with Gasteiger partial charge in [-0.15, -0.1) is 0 Å². The molecule has 0 saturated heterocycles. The lowest BCUT2D eigenvalue weighted by molar-refractivity contribution is 0.566. The molecule has 0 fully saturated rings. The van der Waals surface area contributed by atoms with Gasteiger partial charge in [0.25, 0.3) is 0 Å². The van der Waals surface area contributed by atoms with Crippen LogP contribution in [0.15, 0.2) is 139 Å². The molecule has 2 heterocycles. The van der Waals surface area contributed by atoms with Crippen molar-refractivity contribution < 1.29 is 0 Å². The van der Waals surface area contributed by atoms with Gasteiger partial charge in [0.05, 0.1) is 40.0 Å². The van der Waals surface area contributed by atoms with Crippen molar-refractivity contribution in [1.29, 1.82) is 10.5 Å². The minimum Gasteiger partial charge on any atom is -0.336 e. The van der Waals surface area contributed by atoms with Crippen LogP contribution in [0.2, 0.25) is 0 Å². The fraction of sp³-hybridized carbons (Fsp3) is 0.128. The number of nitriles is 2. The maximum Gasteiger partial charge on any atom is 0.101 e. The number of benzene rings is 4. The quantitative estimate of drug-likeness (QED) is 0.225. The van der Waals surface area contributed by atoms with Crippen LogP contribution in [0.25, 0.3) is 27.5 Å². The summed E-state index contributed by atoms with van der Waals surface area (Å²) in [4.78, 5) is 2.44. The third-order valence-corrected chi connectivity index (χ3v) is 9.28. The zero-order valence-corrected chi connectivity index (χ0v) is 23.7. The Kier molecular flexibility index (Phi) is 5.71. The van der Waals surface area contributed by atoms with E-state index in [9.17, 15) is 10.5 Å². The lowest BCUT2D eigenvalue weighted by atomic mass is 9.77. The van der Waals surface area contributed by atoms with Crippen LogP contribution in [-0.2, 0) is 0 Å². The SMILES string of the molecule is CC1C=C(C#N)C=C(N2c3ccccc3C3C=CC=CC32)C1c1cccc(C#N)c1-n1c2ccccc2c2ccccc21. The normalized spacial score (nSPS) is 22.1. The van der Waals surface area contributed by atoms with Gasteiger partial charge in [-0.05, 0) is 47.4 Å². The van der Waals surface area contributed by atoms with E-state index in [1.807, 2.05) is 12.1 Å². The standard InChI is InChI=1S/C39H28N4/c1-25-21-26(23-40)22-37(42-33-17-6-2-12-28(33)29-13-3-7-18-34(29)42)38(25)32-16-10-11-27(24-41)39(32)43-35-19-8-4-14-30(35)31-15-5-9-20-36(31)43/h2-22,25,28,33,38H,1H3. The molecule has 3 aliphatic rings. The van der Waals surface area contributed by atoms with Crippen molar-refractivity contribution in [2.45, 2.75) is 24.8 Å². The van der Waals surface area contributed by atoms with Crippen LogP contribution < -0.4 is 4.90 Å². The lowest BCUT2D eigenvalue weighted by Crippen LogP contribution is -2.37. The molecule has 4 unspecified atom stereocenters. The molecule has 1 aromatic heterocycles. The summed E-state index contributed by atoms with van der Waals surface area (Å²) in [6.07, 6.45) is 13.0. The van der Waals surface area contributed by atoms with Crippen molar-refractivity contribution >= 4 is 27.5 Å². The van der Waals surface area contributed by atoms with E-state index in [1.165, 1.54) is 11.3 Å². The number of hydrogen-bond donors (Lipinski definition) is 0. The molecule has 0 radical (unpaired) electrons. The zero-order chi connectivity index (χ0) is 29.1. The monoisotopic (exact) mass is 552 g/mol. The first-order chi connectivity index (χ1) is 21.2. The van der Waals surface area contributed by atoms with Crippen LogP contribution in [0.1, 0.15) is 35.4 Å². The third kappa shape index (κ3) is 3.67. The molecule has 43 heavy (non-hydrogen) atoms. The van der Waals surface area contributed by atoms with Gasteiger partial charge in [0.15, 0.2) is 0 Å². The number of hydrogen-bond acceptors (Lipinski definition) is 3. The Morgan fingerprint density at radius 1 is 0.698 bits per heavy atom. The summed E-state index contributed by atoms with van der Waals surface area (Å²) in [5.41, 5.74) is 8.98.